The summed E-state index contributed by atoms with van der Waals surface area (Å²) >= 11 is 0. The number of ether oxygens (including phenoxy) is 17. The van der Waals surface area contributed by atoms with Crippen molar-refractivity contribution in [1.82, 2.24) is 0 Å². The molecule has 0 aromatic heterocycles. The molecule has 13 rings (SSSR count). The van der Waals surface area contributed by atoms with Gasteiger partial charge >= 0.3 is 0 Å². The molecule has 532 valence electrons. The molecule has 16 atom stereocenters. The average molecular weight is 1380 g/mol. The van der Waals surface area contributed by atoms with Gasteiger partial charge in [-0.15, -0.1) is 6.58 Å². The van der Waals surface area contributed by atoms with E-state index in [9.17, 15) is 0 Å². The summed E-state index contributed by atoms with van der Waals surface area (Å²) < 4.78 is 121. The number of rotatable bonds is 35. The first-order valence-electron chi connectivity index (χ1n) is 35.1. The Morgan fingerprint density at radius 2 is 0.667 bits per heavy atom. The quantitative estimate of drug-likeness (QED) is 0.0345. The lowest BCUT2D eigenvalue weighted by Crippen LogP contribution is -2.68. The van der Waals surface area contributed by atoms with Crippen molar-refractivity contribution in [2.45, 2.75) is 151 Å². The molecule has 0 saturated carbocycles. The molecule has 4 aliphatic heterocycles. The molecule has 4 saturated heterocycles. The van der Waals surface area contributed by atoms with Crippen LogP contribution in [0.3, 0.4) is 0 Å². The van der Waals surface area contributed by atoms with Crippen LogP contribution in [0.4, 0.5) is 0 Å². The molecule has 102 heavy (non-hydrogen) atoms. The number of hydrogen-bond acceptors (Lipinski definition) is 17. The number of methoxy groups -OCH3 is 1. The van der Waals surface area contributed by atoms with Gasteiger partial charge in [-0.25, -0.2) is 0 Å². The lowest BCUT2D eigenvalue weighted by molar-refractivity contribution is -0.406. The lowest BCUT2D eigenvalue weighted by atomic mass is 9.94. The third-order valence-corrected chi connectivity index (χ3v) is 18.3. The highest BCUT2D eigenvalue weighted by Gasteiger charge is 2.58. The van der Waals surface area contributed by atoms with E-state index < -0.39 is 98.4 Å². The van der Waals surface area contributed by atoms with Crippen LogP contribution in [0.2, 0.25) is 0 Å². The molecule has 4 heterocycles. The molecule has 0 aliphatic carbocycles. The molecule has 4 fully saturated rings. The molecule has 0 unspecified atom stereocenters. The molecular weight excluding hydrogens is 1290 g/mol. The Balaban J connectivity index is 0.926. The van der Waals surface area contributed by atoms with Crippen molar-refractivity contribution in [3.63, 3.8) is 0 Å². The third kappa shape index (κ3) is 20.0. The van der Waals surface area contributed by atoms with Crippen LogP contribution in [0.1, 0.15) is 56.4 Å². The minimum atomic E-state index is -1.29. The maximum absolute atomic E-state index is 7.79. The van der Waals surface area contributed by atoms with Crippen molar-refractivity contribution >= 4 is 0 Å². The zero-order valence-electron chi connectivity index (χ0n) is 57.4. The van der Waals surface area contributed by atoms with Gasteiger partial charge in [0.15, 0.2) is 25.2 Å². The van der Waals surface area contributed by atoms with Gasteiger partial charge in [0.05, 0.1) is 86.4 Å². The number of benzene rings is 9. The molecule has 9 aromatic carbocycles. The smallest absolute Gasteiger partial charge is 0.187 e. The van der Waals surface area contributed by atoms with Crippen molar-refractivity contribution < 1.29 is 80.5 Å². The van der Waals surface area contributed by atoms with Crippen LogP contribution >= 0.6 is 0 Å². The highest BCUT2D eigenvalue weighted by molar-refractivity contribution is 5.27. The SMILES string of the molecule is C=CCO[C@H]1O[C@H](COCc2ccccc2)[C@@H](O[C@@H]2O[C@H](COCc3ccccc3)[C@@H](O[C@@H]3O[C@@H]4CO[C@@H](c5ccccc5)O[C@H]4[C@H](OCc4ccccc4)[C@@H]3OCc3ccc(OC)cc3)[C@H](OCc3ccccc3)[C@@H]2OCc2ccccc2)[C@H](OCc2ccccc2)[C@@H]1OCc1ccccc1. The average Bonchev–Trinajstić information content (AvgIpc) is 0.762. The van der Waals surface area contributed by atoms with Gasteiger partial charge in [-0.1, -0.05) is 261 Å². The second kappa shape index (κ2) is 37.9. The molecule has 0 N–H and O–H groups in total. The van der Waals surface area contributed by atoms with Gasteiger partial charge < -0.3 is 80.5 Å². The first kappa shape index (κ1) is 72.2. The fourth-order valence-electron chi connectivity index (χ4n) is 13.1. The molecule has 0 amide bonds. The fourth-order valence-corrected chi connectivity index (χ4v) is 13.1. The topological polar surface area (TPSA) is 157 Å². The summed E-state index contributed by atoms with van der Waals surface area (Å²) in [5.74, 6) is 0.706. The van der Waals surface area contributed by atoms with E-state index in [4.69, 9.17) is 80.5 Å². The monoisotopic (exact) mass is 1380 g/mol. The Kier molecular flexibility index (Phi) is 26.8. The summed E-state index contributed by atoms with van der Waals surface area (Å²) in [6, 6.07) is 87.4. The van der Waals surface area contributed by atoms with Gasteiger partial charge in [0.25, 0.3) is 0 Å². The third-order valence-electron chi connectivity index (χ3n) is 18.3. The highest BCUT2D eigenvalue weighted by Crippen LogP contribution is 2.42. The van der Waals surface area contributed by atoms with E-state index in [-0.39, 0.29) is 79.3 Å². The van der Waals surface area contributed by atoms with Crippen molar-refractivity contribution in [2.24, 2.45) is 0 Å². The van der Waals surface area contributed by atoms with Crippen LogP contribution in [0.15, 0.2) is 280 Å². The second-order valence-corrected chi connectivity index (χ2v) is 25.6. The zero-order valence-corrected chi connectivity index (χ0v) is 57.4. The molecule has 4 aliphatic rings. The Bertz CT molecular complexity index is 3820. The lowest BCUT2D eigenvalue weighted by Gasteiger charge is -2.52. The van der Waals surface area contributed by atoms with Gasteiger partial charge in [-0.05, 0) is 56.6 Å². The molecule has 0 spiro atoms. The Morgan fingerprint density at radius 3 is 1.07 bits per heavy atom. The van der Waals surface area contributed by atoms with E-state index in [0.29, 0.717) is 5.75 Å². The van der Waals surface area contributed by atoms with E-state index in [2.05, 4.69) is 6.58 Å². The van der Waals surface area contributed by atoms with Crippen LogP contribution in [0, 0.1) is 0 Å². The highest BCUT2D eigenvalue weighted by atomic mass is 16.8. The van der Waals surface area contributed by atoms with Gasteiger partial charge in [-0.2, -0.15) is 0 Å². The van der Waals surface area contributed by atoms with Crippen LogP contribution in [-0.4, -0.2) is 126 Å². The van der Waals surface area contributed by atoms with Crippen LogP contribution in [0.5, 0.6) is 5.75 Å². The fraction of sp³-hybridized carbons (Fsp3) is 0.341. The largest absolute Gasteiger partial charge is 0.497 e. The van der Waals surface area contributed by atoms with Crippen LogP contribution in [0.25, 0.3) is 0 Å². The molecule has 0 radical (unpaired) electrons. The van der Waals surface area contributed by atoms with Crippen LogP contribution < -0.4 is 4.74 Å². The predicted molar refractivity (Wildman–Crippen MR) is 381 cm³/mol. The maximum atomic E-state index is 7.79. The molecule has 17 nitrogen and oxygen atoms in total. The summed E-state index contributed by atoms with van der Waals surface area (Å²) in [6.07, 6.45) is -13.7. The van der Waals surface area contributed by atoms with Gasteiger partial charge in [-0.3, -0.25) is 0 Å². The molecule has 17 heteroatoms. The van der Waals surface area contributed by atoms with Crippen molar-refractivity contribution in [1.29, 1.82) is 0 Å². The summed E-state index contributed by atoms with van der Waals surface area (Å²) in [7, 11) is 1.64. The molecular formula is C85H90O17. The number of hydrogen-bond donors (Lipinski definition) is 0. The normalized spacial score (nSPS) is 26.4. The minimum Gasteiger partial charge on any atom is -0.497 e. The summed E-state index contributed by atoms with van der Waals surface area (Å²) in [5, 5.41) is 0. The molecule has 9 aromatic rings. The summed E-state index contributed by atoms with van der Waals surface area (Å²) in [5.41, 5.74) is 8.21. The minimum absolute atomic E-state index is 0.0296. The summed E-state index contributed by atoms with van der Waals surface area (Å²) in [4.78, 5) is 0. The van der Waals surface area contributed by atoms with Gasteiger partial charge in [0.2, 0.25) is 0 Å². The summed E-state index contributed by atoms with van der Waals surface area (Å²) in [6.45, 7) is 5.68. The van der Waals surface area contributed by atoms with Gasteiger partial charge in [0.1, 0.15) is 79.0 Å². The van der Waals surface area contributed by atoms with E-state index in [1.54, 1.807) is 13.2 Å². The van der Waals surface area contributed by atoms with Crippen molar-refractivity contribution in [2.75, 3.05) is 33.5 Å². The van der Waals surface area contributed by atoms with E-state index in [0.717, 1.165) is 50.1 Å². The van der Waals surface area contributed by atoms with Crippen molar-refractivity contribution in [3.8, 4) is 5.75 Å². The molecule has 0 bridgehead atoms. The maximum Gasteiger partial charge on any atom is 0.187 e. The second-order valence-electron chi connectivity index (χ2n) is 25.6. The standard InChI is InChI=1S/C85H90O17/c1-3-48-89-83-79(93-54-65-38-22-9-23-39-65)76(90-51-62-32-16-6-17-33-62)73(70(97-83)57-87-49-60-28-12-4-13-29-60)101-84-80(94-55-66-40-24-10-25-41-66)77(91-52-63-34-18-7-19-35-63)74(71(98-84)58-88-50-61-30-14-5-15-31-61)102-85-81(95-56-67-44-46-69(86-2)47-45-67)78(92-53-64-36-20-8-21-37-64)75-72(99-85)59-96-82(100-75)68-42-26-11-27-43-68/h3-47,70-85H,1,48-59H2,2H3/t70-,71-,72-,73-,74-,75-,76+,77+,78+,79+,80+,81+,82-,83+,84+,85+/m1/s1. The predicted octanol–water partition coefficient (Wildman–Crippen LogP) is 14.2. The Hall–Kier alpha value is -8.12. The van der Waals surface area contributed by atoms with Crippen molar-refractivity contribution in [3.05, 3.63) is 330 Å². The van der Waals surface area contributed by atoms with Crippen LogP contribution in [-0.2, 0) is 129 Å². The Morgan fingerprint density at radius 1 is 0.333 bits per heavy atom. The zero-order chi connectivity index (χ0) is 69.3. The number of fused-ring (bicyclic) bond motifs is 1. The first-order chi connectivity index (χ1) is 50.5. The Labute approximate surface area is 597 Å². The first-order valence-corrected chi connectivity index (χ1v) is 35.1. The van der Waals surface area contributed by atoms with E-state index in [1.165, 1.54) is 0 Å². The van der Waals surface area contributed by atoms with E-state index in [1.807, 2.05) is 267 Å². The van der Waals surface area contributed by atoms with E-state index >= 15 is 0 Å². The van der Waals surface area contributed by atoms with Gasteiger partial charge in [0, 0.05) is 5.56 Å².